The Kier molecular flexibility index (Phi) is 6.06. The topological polar surface area (TPSA) is 49.9 Å². The lowest BCUT2D eigenvalue weighted by atomic mass is 10.1. The van der Waals surface area contributed by atoms with Crippen LogP contribution in [0.15, 0.2) is 48.5 Å². The maximum absolute atomic E-state index is 13.7. The normalized spacial score (nSPS) is 14.1. The molecule has 2 aromatic rings. The average molecular weight is 370 g/mol. The summed E-state index contributed by atoms with van der Waals surface area (Å²) in [5.41, 5.74) is 1.16. The van der Waals surface area contributed by atoms with Gasteiger partial charge >= 0.3 is 0 Å². The number of rotatable bonds is 5. The van der Waals surface area contributed by atoms with Crippen LogP contribution in [0.3, 0.4) is 0 Å². The molecule has 0 aromatic heterocycles. The van der Waals surface area contributed by atoms with Gasteiger partial charge < -0.3 is 14.5 Å². The van der Waals surface area contributed by atoms with Crippen LogP contribution >= 0.6 is 0 Å². The van der Waals surface area contributed by atoms with Crippen LogP contribution in [0.1, 0.15) is 22.3 Å². The number of amides is 2. The van der Waals surface area contributed by atoms with E-state index in [2.05, 4.69) is 0 Å². The number of hydrogen-bond acceptors (Lipinski definition) is 3. The highest BCUT2D eigenvalue weighted by Gasteiger charge is 2.24. The zero-order valence-corrected chi connectivity index (χ0v) is 15.4. The quantitative estimate of drug-likeness (QED) is 0.813. The van der Waals surface area contributed by atoms with E-state index in [1.807, 2.05) is 0 Å². The van der Waals surface area contributed by atoms with E-state index in [1.165, 1.54) is 6.07 Å². The highest BCUT2D eigenvalue weighted by atomic mass is 19.1. The molecule has 0 unspecified atom stereocenters. The van der Waals surface area contributed by atoms with Gasteiger partial charge in [0.15, 0.2) is 0 Å². The van der Waals surface area contributed by atoms with Crippen LogP contribution < -0.4 is 4.74 Å². The predicted molar refractivity (Wildman–Crippen MR) is 100 cm³/mol. The van der Waals surface area contributed by atoms with Gasteiger partial charge in [-0.15, -0.1) is 0 Å². The standard InChI is InChI=1S/C21H23FN2O3/c1-27-18-9-6-17(7-10-18)21(26)24-14-12-23(13-15-24)20(25)11-8-16-4-2-3-5-19(16)22/h2-7,9-10H,8,11-15H2,1H3. The Bertz CT molecular complexity index is 799. The molecule has 0 saturated carbocycles. The van der Waals surface area contributed by atoms with Crippen molar-refractivity contribution in [1.29, 1.82) is 0 Å². The average Bonchev–Trinajstić information content (AvgIpc) is 2.72. The molecule has 0 atom stereocenters. The predicted octanol–water partition coefficient (Wildman–Crippen LogP) is 2.75. The van der Waals surface area contributed by atoms with Crippen molar-refractivity contribution in [3.05, 3.63) is 65.5 Å². The summed E-state index contributed by atoms with van der Waals surface area (Å²) < 4.78 is 18.8. The van der Waals surface area contributed by atoms with E-state index >= 15 is 0 Å². The van der Waals surface area contributed by atoms with Gasteiger partial charge in [0.1, 0.15) is 11.6 Å². The van der Waals surface area contributed by atoms with Gasteiger partial charge in [-0.25, -0.2) is 4.39 Å². The van der Waals surface area contributed by atoms with Crippen LogP contribution in [-0.2, 0) is 11.2 Å². The van der Waals surface area contributed by atoms with Crippen molar-refractivity contribution in [1.82, 2.24) is 9.80 Å². The van der Waals surface area contributed by atoms with Gasteiger partial charge in [-0.2, -0.15) is 0 Å². The molecule has 1 heterocycles. The van der Waals surface area contributed by atoms with Gasteiger partial charge in [0.05, 0.1) is 7.11 Å². The molecular weight excluding hydrogens is 347 g/mol. The monoisotopic (exact) mass is 370 g/mol. The summed E-state index contributed by atoms with van der Waals surface area (Å²) in [5.74, 6) is 0.378. The number of benzene rings is 2. The number of carbonyl (C=O) groups excluding carboxylic acids is 2. The SMILES string of the molecule is COc1ccc(C(=O)N2CCN(C(=O)CCc3ccccc3F)CC2)cc1. The second-order valence-electron chi connectivity index (χ2n) is 6.49. The molecule has 2 aromatic carbocycles. The summed E-state index contributed by atoms with van der Waals surface area (Å²) in [6, 6.07) is 13.5. The smallest absolute Gasteiger partial charge is 0.253 e. The number of methoxy groups -OCH3 is 1. The van der Waals surface area contributed by atoms with Crippen LogP contribution in [0.4, 0.5) is 4.39 Å². The molecule has 142 valence electrons. The number of aryl methyl sites for hydroxylation is 1. The highest BCUT2D eigenvalue weighted by molar-refractivity contribution is 5.94. The Hall–Kier alpha value is -2.89. The van der Waals surface area contributed by atoms with Gasteiger partial charge in [0.25, 0.3) is 5.91 Å². The minimum Gasteiger partial charge on any atom is -0.497 e. The first-order valence-corrected chi connectivity index (χ1v) is 9.03. The Morgan fingerprint density at radius 1 is 0.963 bits per heavy atom. The van der Waals surface area contributed by atoms with Crippen LogP contribution in [0.2, 0.25) is 0 Å². The molecule has 5 nitrogen and oxygen atoms in total. The molecule has 2 amide bonds. The van der Waals surface area contributed by atoms with Crippen LogP contribution in [0.25, 0.3) is 0 Å². The van der Waals surface area contributed by atoms with Crippen molar-refractivity contribution in [2.75, 3.05) is 33.3 Å². The van der Waals surface area contributed by atoms with E-state index in [4.69, 9.17) is 4.74 Å². The van der Waals surface area contributed by atoms with Crippen LogP contribution in [0.5, 0.6) is 5.75 Å². The van der Waals surface area contributed by atoms with Crippen molar-refractivity contribution in [3.63, 3.8) is 0 Å². The van der Waals surface area contributed by atoms with E-state index in [0.29, 0.717) is 49.5 Å². The summed E-state index contributed by atoms with van der Waals surface area (Å²) in [6.45, 7) is 1.99. The van der Waals surface area contributed by atoms with E-state index in [-0.39, 0.29) is 24.1 Å². The second kappa shape index (κ2) is 8.66. The molecule has 27 heavy (non-hydrogen) atoms. The molecule has 0 spiro atoms. The van der Waals surface area contributed by atoms with Crippen molar-refractivity contribution < 1.29 is 18.7 Å². The van der Waals surface area contributed by atoms with Crippen LogP contribution in [-0.4, -0.2) is 54.9 Å². The van der Waals surface area contributed by atoms with Crippen LogP contribution in [0, 0.1) is 5.82 Å². The lowest BCUT2D eigenvalue weighted by Gasteiger charge is -2.35. The molecule has 0 N–H and O–H groups in total. The molecule has 6 heteroatoms. The summed E-state index contributed by atoms with van der Waals surface area (Å²) >= 11 is 0. The van der Waals surface area contributed by atoms with Crippen molar-refractivity contribution in [2.24, 2.45) is 0 Å². The summed E-state index contributed by atoms with van der Waals surface area (Å²) in [4.78, 5) is 28.5. The molecular formula is C21H23FN2O3. The second-order valence-corrected chi connectivity index (χ2v) is 6.49. The fraction of sp³-hybridized carbons (Fsp3) is 0.333. The minimum atomic E-state index is -0.278. The number of carbonyl (C=O) groups is 2. The summed E-state index contributed by atoms with van der Waals surface area (Å²) in [6.07, 6.45) is 0.657. The van der Waals surface area contributed by atoms with E-state index in [0.717, 1.165) is 0 Å². The molecule has 0 aliphatic carbocycles. The van der Waals surface area contributed by atoms with Gasteiger partial charge in [0.2, 0.25) is 5.91 Å². The minimum absolute atomic E-state index is 0.00482. The first-order chi connectivity index (χ1) is 13.1. The van der Waals surface area contributed by atoms with E-state index in [9.17, 15) is 14.0 Å². The maximum atomic E-state index is 13.7. The number of ether oxygens (including phenoxy) is 1. The molecule has 1 saturated heterocycles. The van der Waals surface area contributed by atoms with Gasteiger partial charge in [-0.05, 0) is 42.3 Å². The molecule has 1 aliphatic rings. The number of piperazine rings is 1. The van der Waals surface area contributed by atoms with E-state index in [1.54, 1.807) is 59.4 Å². The highest BCUT2D eigenvalue weighted by Crippen LogP contribution is 2.15. The molecule has 1 fully saturated rings. The Morgan fingerprint density at radius 2 is 1.59 bits per heavy atom. The largest absolute Gasteiger partial charge is 0.497 e. The van der Waals surface area contributed by atoms with Gasteiger partial charge in [0, 0.05) is 38.2 Å². The molecule has 0 radical (unpaired) electrons. The number of halogens is 1. The van der Waals surface area contributed by atoms with Crippen molar-refractivity contribution in [2.45, 2.75) is 12.8 Å². The van der Waals surface area contributed by atoms with Crippen molar-refractivity contribution in [3.8, 4) is 5.75 Å². The Balaban J connectivity index is 1.49. The fourth-order valence-corrected chi connectivity index (χ4v) is 3.18. The molecule has 1 aliphatic heterocycles. The lowest BCUT2D eigenvalue weighted by Crippen LogP contribution is -2.50. The van der Waals surface area contributed by atoms with Gasteiger partial charge in [-0.3, -0.25) is 9.59 Å². The third kappa shape index (κ3) is 4.64. The fourth-order valence-electron chi connectivity index (χ4n) is 3.18. The third-order valence-electron chi connectivity index (χ3n) is 4.82. The lowest BCUT2D eigenvalue weighted by molar-refractivity contribution is -0.132. The summed E-state index contributed by atoms with van der Waals surface area (Å²) in [5, 5.41) is 0. The number of hydrogen-bond donors (Lipinski definition) is 0. The Morgan fingerprint density at radius 3 is 2.22 bits per heavy atom. The van der Waals surface area contributed by atoms with Gasteiger partial charge in [-0.1, -0.05) is 18.2 Å². The summed E-state index contributed by atoms with van der Waals surface area (Å²) in [7, 11) is 1.58. The first-order valence-electron chi connectivity index (χ1n) is 9.03. The first kappa shape index (κ1) is 18.9. The maximum Gasteiger partial charge on any atom is 0.253 e. The van der Waals surface area contributed by atoms with E-state index < -0.39 is 0 Å². The van der Waals surface area contributed by atoms with Crippen molar-refractivity contribution >= 4 is 11.8 Å². The third-order valence-corrected chi connectivity index (χ3v) is 4.82. The zero-order valence-electron chi connectivity index (χ0n) is 15.4. The zero-order chi connectivity index (χ0) is 19.2. The molecule has 0 bridgehead atoms. The molecule has 3 rings (SSSR count). The Labute approximate surface area is 158 Å². The number of nitrogens with zero attached hydrogens (tertiary/aromatic N) is 2.